The maximum Gasteiger partial charge on any atom is 0.245 e. The number of aryl methyl sites for hydroxylation is 2. The number of ether oxygens (including phenoxy) is 1. The summed E-state index contributed by atoms with van der Waals surface area (Å²) in [6, 6.07) is 0. The molecule has 0 aliphatic carbocycles. The first-order valence-corrected chi connectivity index (χ1v) is 6.82. The molecule has 18 heavy (non-hydrogen) atoms. The average molecular weight is 273 g/mol. The molecule has 0 radical (unpaired) electrons. The van der Waals surface area contributed by atoms with Crippen LogP contribution in [0.3, 0.4) is 0 Å². The van der Waals surface area contributed by atoms with E-state index in [1.807, 2.05) is 4.90 Å². The van der Waals surface area contributed by atoms with E-state index in [1.165, 1.54) is 0 Å². The molecule has 102 valence electrons. The number of anilines is 1. The summed E-state index contributed by atoms with van der Waals surface area (Å²) in [7, 11) is 1.68. The van der Waals surface area contributed by atoms with Crippen LogP contribution in [-0.2, 0) is 17.6 Å². The Morgan fingerprint density at radius 2 is 1.83 bits per heavy atom. The maximum absolute atomic E-state index is 5.80. The third-order valence-electron chi connectivity index (χ3n) is 2.70. The van der Waals surface area contributed by atoms with Crippen LogP contribution in [0.4, 0.5) is 5.95 Å². The Kier molecular flexibility index (Phi) is 6.90. The minimum atomic E-state index is 0.532. The largest absolute Gasteiger partial charge is 0.383 e. The lowest BCUT2D eigenvalue weighted by atomic mass is 10.2. The molecule has 5 nitrogen and oxygen atoms in total. The van der Waals surface area contributed by atoms with Gasteiger partial charge >= 0.3 is 0 Å². The van der Waals surface area contributed by atoms with Crippen LogP contribution in [0, 0.1) is 0 Å². The van der Waals surface area contributed by atoms with Crippen LogP contribution < -0.4 is 4.90 Å². The quantitative estimate of drug-likeness (QED) is 0.674. The third kappa shape index (κ3) is 4.07. The molecular formula is C12H21ClN4O. The van der Waals surface area contributed by atoms with Gasteiger partial charge in [0, 0.05) is 26.1 Å². The number of aromatic nitrogens is 3. The fourth-order valence-electron chi connectivity index (χ4n) is 1.68. The predicted molar refractivity (Wildman–Crippen MR) is 73.4 cm³/mol. The Labute approximate surface area is 114 Å². The molecule has 0 bridgehead atoms. The second-order valence-corrected chi connectivity index (χ2v) is 4.26. The van der Waals surface area contributed by atoms with Crippen LogP contribution in [0.5, 0.6) is 0 Å². The topological polar surface area (TPSA) is 51.1 Å². The van der Waals surface area contributed by atoms with Gasteiger partial charge < -0.3 is 9.64 Å². The van der Waals surface area contributed by atoms with Gasteiger partial charge in [0.15, 0.2) is 0 Å². The van der Waals surface area contributed by atoms with E-state index < -0.39 is 0 Å². The minimum absolute atomic E-state index is 0.532. The van der Waals surface area contributed by atoms with Gasteiger partial charge in [0.2, 0.25) is 5.95 Å². The summed E-state index contributed by atoms with van der Waals surface area (Å²) in [5.41, 5.74) is 1.98. The summed E-state index contributed by atoms with van der Waals surface area (Å²) in [4.78, 5) is 6.57. The minimum Gasteiger partial charge on any atom is -0.383 e. The van der Waals surface area contributed by atoms with E-state index in [0.29, 0.717) is 25.0 Å². The number of hydrogen-bond acceptors (Lipinski definition) is 5. The van der Waals surface area contributed by atoms with E-state index in [9.17, 15) is 0 Å². The number of alkyl halides is 1. The third-order valence-corrected chi connectivity index (χ3v) is 2.87. The Morgan fingerprint density at radius 3 is 2.39 bits per heavy atom. The molecule has 6 heteroatoms. The van der Waals surface area contributed by atoms with Gasteiger partial charge in [0.25, 0.3) is 0 Å². The van der Waals surface area contributed by atoms with E-state index in [-0.39, 0.29) is 0 Å². The average Bonchev–Trinajstić information content (AvgIpc) is 2.42. The molecule has 0 fully saturated rings. The van der Waals surface area contributed by atoms with Gasteiger partial charge in [-0.2, -0.15) is 5.10 Å². The first-order chi connectivity index (χ1) is 8.76. The molecule has 1 aromatic rings. The van der Waals surface area contributed by atoms with Crippen molar-refractivity contribution in [3.8, 4) is 0 Å². The second-order valence-electron chi connectivity index (χ2n) is 3.88. The van der Waals surface area contributed by atoms with Crippen LogP contribution >= 0.6 is 11.6 Å². The highest BCUT2D eigenvalue weighted by Gasteiger charge is 2.12. The molecule has 0 spiro atoms. The molecule has 0 atom stereocenters. The van der Waals surface area contributed by atoms with Gasteiger partial charge in [-0.15, -0.1) is 16.7 Å². The summed E-state index contributed by atoms with van der Waals surface area (Å²) < 4.78 is 5.08. The molecule has 1 aromatic heterocycles. The second kappa shape index (κ2) is 8.21. The Morgan fingerprint density at radius 1 is 1.11 bits per heavy atom. The molecule has 1 rings (SSSR count). The highest BCUT2D eigenvalue weighted by atomic mass is 35.5. The van der Waals surface area contributed by atoms with Crippen molar-refractivity contribution in [1.82, 2.24) is 15.2 Å². The Balaban J connectivity index is 2.89. The van der Waals surface area contributed by atoms with Gasteiger partial charge in [-0.3, -0.25) is 0 Å². The molecule has 1 heterocycles. The molecule has 0 N–H and O–H groups in total. The van der Waals surface area contributed by atoms with Crippen LogP contribution in [0.2, 0.25) is 0 Å². The normalized spacial score (nSPS) is 10.7. The Bertz CT molecular complexity index is 362. The van der Waals surface area contributed by atoms with Crippen molar-refractivity contribution in [2.24, 2.45) is 0 Å². The zero-order valence-electron chi connectivity index (χ0n) is 11.3. The molecule has 0 aliphatic heterocycles. The van der Waals surface area contributed by atoms with Crippen LogP contribution in [-0.4, -0.2) is 47.9 Å². The number of halogens is 1. The molecule has 0 amide bonds. The summed E-state index contributed by atoms with van der Waals surface area (Å²) in [6.07, 6.45) is 1.72. The highest BCUT2D eigenvalue weighted by molar-refractivity contribution is 6.18. The van der Waals surface area contributed by atoms with E-state index in [1.54, 1.807) is 7.11 Å². The first-order valence-electron chi connectivity index (χ1n) is 6.29. The van der Waals surface area contributed by atoms with Crippen molar-refractivity contribution >= 4 is 17.5 Å². The van der Waals surface area contributed by atoms with E-state index in [2.05, 4.69) is 29.0 Å². The summed E-state index contributed by atoms with van der Waals surface area (Å²) in [6.45, 7) is 6.18. The van der Waals surface area contributed by atoms with E-state index in [0.717, 1.165) is 30.8 Å². The monoisotopic (exact) mass is 272 g/mol. The van der Waals surface area contributed by atoms with Crippen molar-refractivity contribution in [3.05, 3.63) is 11.4 Å². The first kappa shape index (κ1) is 15.1. The van der Waals surface area contributed by atoms with Gasteiger partial charge in [0.1, 0.15) is 0 Å². The van der Waals surface area contributed by atoms with E-state index in [4.69, 9.17) is 16.3 Å². The lowest BCUT2D eigenvalue weighted by molar-refractivity contribution is 0.205. The fourth-order valence-corrected chi connectivity index (χ4v) is 1.88. The number of methoxy groups -OCH3 is 1. The lowest BCUT2D eigenvalue weighted by Crippen LogP contribution is -2.31. The molecule has 0 aliphatic rings. The van der Waals surface area contributed by atoms with Crippen LogP contribution in [0.1, 0.15) is 25.2 Å². The van der Waals surface area contributed by atoms with Crippen molar-refractivity contribution in [2.45, 2.75) is 26.7 Å². The Hall–Kier alpha value is -0.940. The molecule has 0 saturated heterocycles. The van der Waals surface area contributed by atoms with Gasteiger partial charge in [0.05, 0.1) is 18.0 Å². The zero-order chi connectivity index (χ0) is 13.4. The highest BCUT2D eigenvalue weighted by Crippen LogP contribution is 2.11. The molecule has 0 aromatic carbocycles. The molecule has 0 saturated carbocycles. The van der Waals surface area contributed by atoms with Crippen molar-refractivity contribution in [2.75, 3.05) is 37.6 Å². The van der Waals surface area contributed by atoms with Gasteiger partial charge in [-0.05, 0) is 12.8 Å². The molecular weight excluding hydrogens is 252 g/mol. The van der Waals surface area contributed by atoms with Crippen molar-refractivity contribution < 1.29 is 4.74 Å². The standard InChI is InChI=1S/C12H21ClN4O/c1-4-10-11(5-2)15-16-12(14-10)17(7-6-13)8-9-18-3/h4-9H2,1-3H3. The van der Waals surface area contributed by atoms with E-state index >= 15 is 0 Å². The van der Waals surface area contributed by atoms with Gasteiger partial charge in [-0.1, -0.05) is 13.8 Å². The maximum atomic E-state index is 5.80. The number of nitrogens with zero attached hydrogens (tertiary/aromatic N) is 4. The van der Waals surface area contributed by atoms with Crippen LogP contribution in [0.25, 0.3) is 0 Å². The molecule has 0 unspecified atom stereocenters. The number of hydrogen-bond donors (Lipinski definition) is 0. The number of rotatable bonds is 8. The van der Waals surface area contributed by atoms with Gasteiger partial charge in [-0.25, -0.2) is 4.98 Å². The van der Waals surface area contributed by atoms with Crippen molar-refractivity contribution in [1.29, 1.82) is 0 Å². The van der Waals surface area contributed by atoms with Crippen molar-refractivity contribution in [3.63, 3.8) is 0 Å². The van der Waals surface area contributed by atoms with Crippen LogP contribution in [0.15, 0.2) is 0 Å². The zero-order valence-corrected chi connectivity index (χ0v) is 12.1. The smallest absolute Gasteiger partial charge is 0.245 e. The summed E-state index contributed by atoms with van der Waals surface area (Å²) >= 11 is 5.80. The fraction of sp³-hybridized carbons (Fsp3) is 0.750. The lowest BCUT2D eigenvalue weighted by Gasteiger charge is -2.21. The predicted octanol–water partition coefficient (Wildman–Crippen LogP) is 1.69. The summed E-state index contributed by atoms with van der Waals surface area (Å²) in [5.74, 6) is 1.17. The summed E-state index contributed by atoms with van der Waals surface area (Å²) in [5, 5.41) is 8.42. The SMILES string of the molecule is CCc1nnc(N(CCCl)CCOC)nc1CC.